The molecule has 2 nitrogen and oxygen atoms in total. The van der Waals surface area contributed by atoms with Gasteiger partial charge < -0.3 is 5.11 Å². The minimum atomic E-state index is -0.637. The molecule has 2 aromatic carbocycles. The van der Waals surface area contributed by atoms with Gasteiger partial charge in [0.05, 0.1) is 5.41 Å². The highest BCUT2D eigenvalue weighted by molar-refractivity contribution is 5.83. The summed E-state index contributed by atoms with van der Waals surface area (Å²) < 4.78 is 0. The molecule has 1 N–H and O–H groups in total. The maximum Gasteiger partial charge on any atom is 0.309 e. The Hall–Kier alpha value is -1.83. The van der Waals surface area contributed by atoms with Gasteiger partial charge in [0, 0.05) is 0 Å². The molecule has 1 fully saturated rings. The number of rotatable bonds is 3. The molecule has 0 radical (unpaired) electrons. The molecule has 0 unspecified atom stereocenters. The molecule has 0 aromatic heterocycles. The van der Waals surface area contributed by atoms with Gasteiger partial charge in [0.25, 0.3) is 0 Å². The molecular formula is C16H16O2. The summed E-state index contributed by atoms with van der Waals surface area (Å²) in [6.07, 6.45) is 3.33. The van der Waals surface area contributed by atoms with Crippen molar-refractivity contribution in [1.82, 2.24) is 0 Å². The fourth-order valence-corrected chi connectivity index (χ4v) is 2.81. The Bertz CT molecular complexity index is 597. The molecule has 3 rings (SSSR count). The van der Waals surface area contributed by atoms with E-state index in [2.05, 4.69) is 30.3 Å². The predicted molar refractivity (Wildman–Crippen MR) is 71.6 cm³/mol. The molecular weight excluding hydrogens is 224 g/mol. The summed E-state index contributed by atoms with van der Waals surface area (Å²) in [7, 11) is 0. The summed E-state index contributed by atoms with van der Waals surface area (Å²) in [5.41, 5.74) is 0.637. The SMILES string of the molecule is O=C(O)C1(Cc2ccc3ccccc3c2)CCC1. The van der Waals surface area contributed by atoms with E-state index in [4.69, 9.17) is 0 Å². The molecule has 18 heavy (non-hydrogen) atoms. The van der Waals surface area contributed by atoms with Crippen molar-refractivity contribution in [3.8, 4) is 0 Å². The number of benzene rings is 2. The number of fused-ring (bicyclic) bond motifs is 1. The molecule has 2 aromatic rings. The van der Waals surface area contributed by atoms with Crippen molar-refractivity contribution < 1.29 is 9.90 Å². The highest BCUT2D eigenvalue weighted by Gasteiger charge is 2.44. The van der Waals surface area contributed by atoms with Crippen LogP contribution in [-0.4, -0.2) is 11.1 Å². The first-order chi connectivity index (χ1) is 8.70. The van der Waals surface area contributed by atoms with E-state index in [1.54, 1.807) is 0 Å². The van der Waals surface area contributed by atoms with Gasteiger partial charge in [0.2, 0.25) is 0 Å². The lowest BCUT2D eigenvalue weighted by atomic mass is 9.65. The third kappa shape index (κ3) is 1.78. The normalized spacial score (nSPS) is 17.3. The Kier molecular flexibility index (Phi) is 2.58. The van der Waals surface area contributed by atoms with E-state index in [9.17, 15) is 9.90 Å². The molecule has 0 atom stereocenters. The Balaban J connectivity index is 1.93. The van der Waals surface area contributed by atoms with E-state index in [0.717, 1.165) is 24.8 Å². The number of carbonyl (C=O) groups is 1. The van der Waals surface area contributed by atoms with Gasteiger partial charge in [-0.1, -0.05) is 48.9 Å². The summed E-state index contributed by atoms with van der Waals surface area (Å²) >= 11 is 0. The molecule has 0 aliphatic heterocycles. The first kappa shape index (κ1) is 11.3. The van der Waals surface area contributed by atoms with Gasteiger partial charge >= 0.3 is 5.97 Å². The van der Waals surface area contributed by atoms with Gasteiger partial charge in [-0.3, -0.25) is 4.79 Å². The molecule has 0 bridgehead atoms. The third-order valence-electron chi connectivity index (χ3n) is 4.12. The fraction of sp³-hybridized carbons (Fsp3) is 0.312. The molecule has 1 saturated carbocycles. The van der Waals surface area contributed by atoms with Crippen LogP contribution in [-0.2, 0) is 11.2 Å². The zero-order chi connectivity index (χ0) is 12.6. The zero-order valence-electron chi connectivity index (χ0n) is 10.2. The lowest BCUT2D eigenvalue weighted by molar-refractivity contribution is -0.154. The van der Waals surface area contributed by atoms with E-state index in [1.165, 1.54) is 10.8 Å². The summed E-state index contributed by atoms with van der Waals surface area (Å²) in [6.45, 7) is 0. The van der Waals surface area contributed by atoms with Crippen LogP contribution in [0.1, 0.15) is 24.8 Å². The van der Waals surface area contributed by atoms with Crippen molar-refractivity contribution in [3.05, 3.63) is 48.0 Å². The van der Waals surface area contributed by atoms with Gasteiger partial charge in [-0.15, -0.1) is 0 Å². The molecule has 92 valence electrons. The molecule has 1 aliphatic carbocycles. The monoisotopic (exact) mass is 240 g/mol. The lowest BCUT2D eigenvalue weighted by Crippen LogP contribution is -2.39. The van der Waals surface area contributed by atoms with E-state index in [1.807, 2.05) is 12.1 Å². The van der Waals surface area contributed by atoms with Crippen molar-refractivity contribution in [2.75, 3.05) is 0 Å². The van der Waals surface area contributed by atoms with Gasteiger partial charge in [-0.05, 0) is 35.6 Å². The van der Waals surface area contributed by atoms with Gasteiger partial charge in [0.15, 0.2) is 0 Å². The average molecular weight is 240 g/mol. The maximum atomic E-state index is 11.4. The predicted octanol–water partition coefficient (Wildman–Crippen LogP) is 3.64. The van der Waals surface area contributed by atoms with E-state index in [0.29, 0.717) is 6.42 Å². The van der Waals surface area contributed by atoms with Crippen molar-refractivity contribution in [3.63, 3.8) is 0 Å². The Morgan fingerprint density at radius 1 is 1.11 bits per heavy atom. The smallest absolute Gasteiger partial charge is 0.309 e. The Morgan fingerprint density at radius 3 is 2.44 bits per heavy atom. The topological polar surface area (TPSA) is 37.3 Å². The lowest BCUT2D eigenvalue weighted by Gasteiger charge is -2.37. The van der Waals surface area contributed by atoms with Crippen molar-refractivity contribution in [2.24, 2.45) is 5.41 Å². The third-order valence-corrected chi connectivity index (χ3v) is 4.12. The highest BCUT2D eigenvalue weighted by Crippen LogP contribution is 2.44. The summed E-state index contributed by atoms with van der Waals surface area (Å²) in [5.74, 6) is -0.637. The van der Waals surface area contributed by atoms with Crippen LogP contribution in [0.3, 0.4) is 0 Å². The second-order valence-corrected chi connectivity index (χ2v) is 5.30. The molecule has 0 heterocycles. The van der Waals surface area contributed by atoms with Gasteiger partial charge in [-0.25, -0.2) is 0 Å². The van der Waals surface area contributed by atoms with E-state index >= 15 is 0 Å². The largest absolute Gasteiger partial charge is 0.481 e. The van der Waals surface area contributed by atoms with Crippen molar-refractivity contribution in [1.29, 1.82) is 0 Å². The minimum absolute atomic E-state index is 0.498. The van der Waals surface area contributed by atoms with Gasteiger partial charge in [0.1, 0.15) is 0 Å². The molecule has 0 amide bonds. The molecule has 0 saturated heterocycles. The number of carboxylic acids is 1. The number of hydrogen-bond acceptors (Lipinski definition) is 1. The second-order valence-electron chi connectivity index (χ2n) is 5.30. The van der Waals surface area contributed by atoms with E-state index in [-0.39, 0.29) is 0 Å². The number of hydrogen-bond donors (Lipinski definition) is 1. The van der Waals surface area contributed by atoms with Crippen LogP contribution >= 0.6 is 0 Å². The van der Waals surface area contributed by atoms with Crippen LogP contribution in [0, 0.1) is 5.41 Å². The van der Waals surface area contributed by atoms with Crippen LogP contribution < -0.4 is 0 Å². The highest BCUT2D eigenvalue weighted by atomic mass is 16.4. The Labute approximate surface area is 106 Å². The van der Waals surface area contributed by atoms with Crippen LogP contribution in [0.2, 0.25) is 0 Å². The van der Waals surface area contributed by atoms with Crippen LogP contribution in [0.15, 0.2) is 42.5 Å². The molecule has 1 aliphatic rings. The minimum Gasteiger partial charge on any atom is -0.481 e. The zero-order valence-corrected chi connectivity index (χ0v) is 10.2. The first-order valence-corrected chi connectivity index (χ1v) is 6.41. The van der Waals surface area contributed by atoms with Gasteiger partial charge in [-0.2, -0.15) is 0 Å². The summed E-state index contributed by atoms with van der Waals surface area (Å²) in [4.78, 5) is 11.4. The van der Waals surface area contributed by atoms with E-state index < -0.39 is 11.4 Å². The molecule has 2 heteroatoms. The summed E-state index contributed by atoms with van der Waals surface area (Å²) in [5, 5.41) is 11.8. The Morgan fingerprint density at radius 2 is 1.83 bits per heavy atom. The quantitative estimate of drug-likeness (QED) is 0.889. The number of carboxylic acid groups (broad SMARTS) is 1. The second kappa shape index (κ2) is 4.13. The summed E-state index contributed by atoms with van der Waals surface area (Å²) in [6, 6.07) is 14.5. The fourth-order valence-electron chi connectivity index (χ4n) is 2.81. The van der Waals surface area contributed by atoms with Crippen molar-refractivity contribution in [2.45, 2.75) is 25.7 Å². The standard InChI is InChI=1S/C16H16O2/c17-15(18)16(8-3-9-16)11-12-6-7-13-4-1-2-5-14(13)10-12/h1-2,4-7,10H,3,8-9,11H2,(H,17,18). The average Bonchev–Trinajstić information content (AvgIpc) is 2.33. The number of aliphatic carboxylic acids is 1. The molecule has 0 spiro atoms. The first-order valence-electron chi connectivity index (χ1n) is 6.41. The van der Waals surface area contributed by atoms with Crippen LogP contribution in [0.5, 0.6) is 0 Å². The maximum absolute atomic E-state index is 11.4. The van der Waals surface area contributed by atoms with Crippen molar-refractivity contribution >= 4 is 16.7 Å². The van der Waals surface area contributed by atoms with Crippen LogP contribution in [0.25, 0.3) is 10.8 Å². The van der Waals surface area contributed by atoms with Crippen LogP contribution in [0.4, 0.5) is 0 Å².